The first-order valence-electron chi connectivity index (χ1n) is 8.98. The van der Waals surface area contributed by atoms with Crippen LogP contribution >= 0.6 is 0 Å². The topological polar surface area (TPSA) is 50.8 Å². The maximum absolute atomic E-state index is 12.5. The van der Waals surface area contributed by atoms with Crippen molar-refractivity contribution in [1.29, 1.82) is 0 Å². The molecule has 2 fully saturated rings. The quantitative estimate of drug-likeness (QED) is 0.926. The van der Waals surface area contributed by atoms with Crippen LogP contribution in [0.15, 0.2) is 30.3 Å². The molecule has 2 aliphatic heterocycles. The molecule has 132 valence electrons. The third-order valence-electron chi connectivity index (χ3n) is 4.80. The van der Waals surface area contributed by atoms with Crippen LogP contribution in [0.4, 0.5) is 4.79 Å². The Morgan fingerprint density at radius 1 is 1.21 bits per heavy atom. The second-order valence-corrected chi connectivity index (χ2v) is 6.95. The fourth-order valence-electron chi connectivity index (χ4n) is 3.74. The largest absolute Gasteiger partial charge is 0.373 e. The Hall–Kier alpha value is -1.59. The highest BCUT2D eigenvalue weighted by Gasteiger charge is 2.30. The Morgan fingerprint density at radius 2 is 1.92 bits per heavy atom. The van der Waals surface area contributed by atoms with Gasteiger partial charge in [0.05, 0.1) is 18.3 Å². The third kappa shape index (κ3) is 4.28. The van der Waals surface area contributed by atoms with Gasteiger partial charge in [0.2, 0.25) is 0 Å². The normalized spacial score (nSPS) is 30.8. The lowest BCUT2D eigenvalue weighted by Crippen LogP contribution is -2.52. The zero-order valence-corrected chi connectivity index (χ0v) is 14.6. The van der Waals surface area contributed by atoms with Crippen LogP contribution < -0.4 is 5.32 Å². The highest BCUT2D eigenvalue weighted by Crippen LogP contribution is 2.33. The fourth-order valence-corrected chi connectivity index (χ4v) is 3.74. The van der Waals surface area contributed by atoms with Crippen molar-refractivity contribution in [2.24, 2.45) is 5.92 Å². The highest BCUT2D eigenvalue weighted by atomic mass is 16.5. The van der Waals surface area contributed by atoms with Gasteiger partial charge in [-0.3, -0.25) is 0 Å². The van der Waals surface area contributed by atoms with Crippen LogP contribution in [0.25, 0.3) is 0 Å². The summed E-state index contributed by atoms with van der Waals surface area (Å²) in [6.45, 7) is 6.77. The van der Waals surface area contributed by atoms with Crippen molar-refractivity contribution < 1.29 is 14.3 Å². The SMILES string of the molecule is CC1CN(C(=O)NCC2CCCOC2c2ccccc2)CC(C)O1. The van der Waals surface area contributed by atoms with Crippen molar-refractivity contribution in [2.45, 2.75) is 45.0 Å². The molecule has 0 aliphatic carbocycles. The first-order valence-corrected chi connectivity index (χ1v) is 8.98. The predicted octanol–water partition coefficient (Wildman–Crippen LogP) is 2.97. The number of urea groups is 1. The number of morpholine rings is 1. The molecule has 1 aromatic carbocycles. The summed E-state index contributed by atoms with van der Waals surface area (Å²) in [6, 6.07) is 10.3. The van der Waals surface area contributed by atoms with Gasteiger partial charge in [0.25, 0.3) is 0 Å². The van der Waals surface area contributed by atoms with Crippen LogP contribution in [0, 0.1) is 5.92 Å². The Labute approximate surface area is 144 Å². The highest BCUT2D eigenvalue weighted by molar-refractivity contribution is 5.74. The molecule has 0 saturated carbocycles. The number of carbonyl (C=O) groups excluding carboxylic acids is 1. The van der Waals surface area contributed by atoms with Gasteiger partial charge < -0.3 is 19.7 Å². The summed E-state index contributed by atoms with van der Waals surface area (Å²) in [5.41, 5.74) is 1.20. The molecule has 3 rings (SSSR count). The molecule has 5 heteroatoms. The molecular formula is C19H28N2O3. The lowest BCUT2D eigenvalue weighted by Gasteiger charge is -2.36. The van der Waals surface area contributed by atoms with Crippen LogP contribution in [-0.2, 0) is 9.47 Å². The van der Waals surface area contributed by atoms with E-state index < -0.39 is 0 Å². The number of rotatable bonds is 3. The van der Waals surface area contributed by atoms with E-state index in [0.29, 0.717) is 25.6 Å². The van der Waals surface area contributed by atoms with Crippen molar-refractivity contribution in [3.8, 4) is 0 Å². The number of nitrogens with zero attached hydrogens (tertiary/aromatic N) is 1. The fraction of sp³-hybridized carbons (Fsp3) is 0.632. The van der Waals surface area contributed by atoms with Gasteiger partial charge in [0, 0.05) is 32.2 Å². The summed E-state index contributed by atoms with van der Waals surface area (Å²) < 4.78 is 11.7. The van der Waals surface area contributed by atoms with Crippen LogP contribution in [0.5, 0.6) is 0 Å². The van der Waals surface area contributed by atoms with Gasteiger partial charge in [0.15, 0.2) is 0 Å². The monoisotopic (exact) mass is 332 g/mol. The number of benzene rings is 1. The maximum atomic E-state index is 12.5. The van der Waals surface area contributed by atoms with Crippen LogP contribution in [0.1, 0.15) is 38.4 Å². The summed E-state index contributed by atoms with van der Waals surface area (Å²) in [5, 5.41) is 3.11. The number of hydrogen-bond donors (Lipinski definition) is 1. The zero-order chi connectivity index (χ0) is 16.9. The Bertz CT molecular complexity index is 527. The molecule has 0 bridgehead atoms. The van der Waals surface area contributed by atoms with Gasteiger partial charge >= 0.3 is 6.03 Å². The van der Waals surface area contributed by atoms with E-state index >= 15 is 0 Å². The average molecular weight is 332 g/mol. The molecule has 0 spiro atoms. The number of amides is 2. The van der Waals surface area contributed by atoms with E-state index in [2.05, 4.69) is 17.4 Å². The van der Waals surface area contributed by atoms with Crippen molar-refractivity contribution >= 4 is 6.03 Å². The van der Waals surface area contributed by atoms with Crippen molar-refractivity contribution in [3.05, 3.63) is 35.9 Å². The molecule has 2 saturated heterocycles. The third-order valence-corrected chi connectivity index (χ3v) is 4.80. The minimum Gasteiger partial charge on any atom is -0.373 e. The van der Waals surface area contributed by atoms with Gasteiger partial charge in [-0.1, -0.05) is 30.3 Å². The molecule has 2 heterocycles. The van der Waals surface area contributed by atoms with Gasteiger partial charge in [-0.2, -0.15) is 0 Å². The number of hydrogen-bond acceptors (Lipinski definition) is 3. The van der Waals surface area contributed by atoms with Crippen molar-refractivity contribution in [1.82, 2.24) is 10.2 Å². The Kier molecular flexibility index (Phi) is 5.74. The summed E-state index contributed by atoms with van der Waals surface area (Å²) in [6.07, 6.45) is 2.39. The number of ether oxygens (including phenoxy) is 2. The first kappa shape index (κ1) is 17.2. The predicted molar refractivity (Wildman–Crippen MR) is 92.8 cm³/mol. The van der Waals surface area contributed by atoms with Crippen LogP contribution in [0.3, 0.4) is 0 Å². The lowest BCUT2D eigenvalue weighted by atomic mass is 9.89. The van der Waals surface area contributed by atoms with Crippen LogP contribution in [0.2, 0.25) is 0 Å². The second kappa shape index (κ2) is 7.99. The second-order valence-electron chi connectivity index (χ2n) is 6.95. The summed E-state index contributed by atoms with van der Waals surface area (Å²) in [4.78, 5) is 14.4. The minimum atomic E-state index is 0.00869. The van der Waals surface area contributed by atoms with Crippen molar-refractivity contribution in [3.63, 3.8) is 0 Å². The van der Waals surface area contributed by atoms with E-state index in [0.717, 1.165) is 19.4 Å². The smallest absolute Gasteiger partial charge is 0.317 e. The summed E-state index contributed by atoms with van der Waals surface area (Å²) in [5.74, 6) is 0.320. The Balaban J connectivity index is 1.57. The average Bonchev–Trinajstić information content (AvgIpc) is 2.60. The van der Waals surface area contributed by atoms with E-state index in [-0.39, 0.29) is 24.3 Å². The molecule has 2 aliphatic rings. The molecule has 24 heavy (non-hydrogen) atoms. The lowest BCUT2D eigenvalue weighted by molar-refractivity contribution is -0.0555. The maximum Gasteiger partial charge on any atom is 0.317 e. The summed E-state index contributed by atoms with van der Waals surface area (Å²) >= 11 is 0. The number of carbonyl (C=O) groups is 1. The van der Waals surface area contributed by atoms with Crippen molar-refractivity contribution in [2.75, 3.05) is 26.2 Å². The molecule has 0 radical (unpaired) electrons. The first-order chi connectivity index (χ1) is 11.6. The molecule has 2 amide bonds. The molecule has 4 atom stereocenters. The van der Waals surface area contributed by atoms with E-state index in [1.165, 1.54) is 5.56 Å². The minimum absolute atomic E-state index is 0.00869. The van der Waals surface area contributed by atoms with Gasteiger partial charge in [-0.25, -0.2) is 4.79 Å². The van der Waals surface area contributed by atoms with Gasteiger partial charge in [0.1, 0.15) is 0 Å². The van der Waals surface area contributed by atoms with E-state index in [1.807, 2.05) is 36.9 Å². The molecule has 0 aromatic heterocycles. The summed E-state index contributed by atoms with van der Waals surface area (Å²) in [7, 11) is 0. The molecule has 1 aromatic rings. The molecule has 4 unspecified atom stereocenters. The zero-order valence-electron chi connectivity index (χ0n) is 14.6. The van der Waals surface area contributed by atoms with E-state index in [4.69, 9.17) is 9.47 Å². The molecule has 5 nitrogen and oxygen atoms in total. The van der Waals surface area contributed by atoms with E-state index in [1.54, 1.807) is 0 Å². The molecule has 1 N–H and O–H groups in total. The van der Waals surface area contributed by atoms with Gasteiger partial charge in [-0.15, -0.1) is 0 Å². The van der Waals surface area contributed by atoms with Crippen LogP contribution in [-0.4, -0.2) is 49.4 Å². The van der Waals surface area contributed by atoms with E-state index in [9.17, 15) is 4.79 Å². The Morgan fingerprint density at radius 3 is 2.62 bits per heavy atom. The van der Waals surface area contributed by atoms with Gasteiger partial charge in [-0.05, 0) is 32.3 Å². The molecular weight excluding hydrogens is 304 g/mol. The standard InChI is InChI=1S/C19H28N2O3/c1-14-12-21(13-15(2)24-14)19(22)20-11-17-9-6-10-23-18(17)16-7-4-3-5-8-16/h3-5,7-8,14-15,17-18H,6,9-13H2,1-2H3,(H,20,22). The number of nitrogens with one attached hydrogen (secondary N) is 1.